The number of hydrogen-bond donors (Lipinski definition) is 2. The van der Waals surface area contributed by atoms with Crippen molar-refractivity contribution in [3.63, 3.8) is 0 Å². The molecule has 2 aromatic carbocycles. The summed E-state index contributed by atoms with van der Waals surface area (Å²) in [5.41, 5.74) is 1.70. The largest absolute Gasteiger partial charge is 0.493 e. The minimum absolute atomic E-state index is 0.0321. The highest BCUT2D eigenvalue weighted by Gasteiger charge is 2.18. The van der Waals surface area contributed by atoms with Gasteiger partial charge in [0.25, 0.3) is 11.8 Å². The van der Waals surface area contributed by atoms with Crippen LogP contribution in [0.1, 0.15) is 72.6 Å². The Morgan fingerprint density at radius 2 is 1.76 bits per heavy atom. The lowest BCUT2D eigenvalue weighted by molar-refractivity contribution is 0.0761. The zero-order chi connectivity index (χ0) is 23.5. The monoisotopic (exact) mass is 467 g/mol. The summed E-state index contributed by atoms with van der Waals surface area (Å²) in [4.78, 5) is 27.6. The van der Waals surface area contributed by atoms with E-state index in [4.69, 9.17) is 17.0 Å². The van der Waals surface area contributed by atoms with Gasteiger partial charge in [-0.25, -0.2) is 0 Å². The van der Waals surface area contributed by atoms with E-state index in [2.05, 4.69) is 17.6 Å². The molecule has 0 bridgehead atoms. The molecule has 3 rings (SSSR count). The van der Waals surface area contributed by atoms with Crippen LogP contribution in [-0.4, -0.2) is 41.5 Å². The first kappa shape index (κ1) is 24.7. The smallest absolute Gasteiger partial charge is 0.261 e. The molecule has 1 aliphatic heterocycles. The van der Waals surface area contributed by atoms with Gasteiger partial charge in [-0.1, -0.05) is 50.8 Å². The average molecular weight is 468 g/mol. The second-order valence-corrected chi connectivity index (χ2v) is 8.66. The number of carbonyl (C=O) groups is 2. The fourth-order valence-corrected chi connectivity index (χ4v) is 4.04. The summed E-state index contributed by atoms with van der Waals surface area (Å²) in [7, 11) is 0. The Morgan fingerprint density at radius 3 is 2.52 bits per heavy atom. The number of ether oxygens (including phenoxy) is 1. The Morgan fingerprint density at radius 1 is 1.00 bits per heavy atom. The minimum Gasteiger partial charge on any atom is -0.493 e. The minimum atomic E-state index is -0.338. The summed E-state index contributed by atoms with van der Waals surface area (Å²) in [6.45, 7) is 4.30. The number of thiocarbonyl (C=S) groups is 1. The standard InChI is InChI=1S/C26H33N3O3S/c1-2-3-10-18-32-23-15-7-6-14-22(23)24(30)28-26(33)27-21-13-11-12-20(19-21)25(31)29-16-8-4-5-9-17-29/h6-7,11-15,19H,2-5,8-10,16-18H2,1H3,(H2,27,28,30,33). The van der Waals surface area contributed by atoms with Crippen molar-refractivity contribution >= 4 is 34.8 Å². The molecular formula is C26H33N3O3S. The highest BCUT2D eigenvalue weighted by molar-refractivity contribution is 7.80. The van der Waals surface area contributed by atoms with Gasteiger partial charge in [0.15, 0.2) is 5.11 Å². The van der Waals surface area contributed by atoms with Crippen LogP contribution in [0.3, 0.4) is 0 Å². The Hall–Kier alpha value is -2.93. The molecular weight excluding hydrogens is 434 g/mol. The lowest BCUT2D eigenvalue weighted by Gasteiger charge is -2.20. The third kappa shape index (κ3) is 7.56. The Balaban J connectivity index is 1.59. The van der Waals surface area contributed by atoms with E-state index in [1.807, 2.05) is 29.2 Å². The predicted octanol–water partition coefficient (Wildman–Crippen LogP) is 5.40. The second kappa shape index (κ2) is 12.9. The molecule has 0 spiro atoms. The molecule has 6 nitrogen and oxygen atoms in total. The summed E-state index contributed by atoms with van der Waals surface area (Å²) in [5.74, 6) is 0.235. The van der Waals surface area contributed by atoms with Crippen molar-refractivity contribution < 1.29 is 14.3 Å². The second-order valence-electron chi connectivity index (χ2n) is 8.25. The molecule has 0 unspecified atom stereocenters. The maximum absolute atomic E-state index is 12.9. The van der Waals surface area contributed by atoms with E-state index < -0.39 is 0 Å². The van der Waals surface area contributed by atoms with E-state index in [9.17, 15) is 9.59 Å². The molecule has 33 heavy (non-hydrogen) atoms. The van der Waals surface area contributed by atoms with Crippen LogP contribution in [0.15, 0.2) is 48.5 Å². The zero-order valence-corrected chi connectivity index (χ0v) is 20.1. The van der Waals surface area contributed by atoms with E-state index in [-0.39, 0.29) is 16.9 Å². The van der Waals surface area contributed by atoms with Gasteiger partial charge in [0.05, 0.1) is 12.2 Å². The zero-order valence-electron chi connectivity index (χ0n) is 19.3. The van der Waals surface area contributed by atoms with E-state index in [0.717, 1.165) is 45.2 Å². The molecule has 0 radical (unpaired) electrons. The molecule has 1 heterocycles. The Bertz CT molecular complexity index is 955. The van der Waals surface area contributed by atoms with Crippen LogP contribution >= 0.6 is 12.2 Å². The van der Waals surface area contributed by atoms with Crippen molar-refractivity contribution in [3.05, 3.63) is 59.7 Å². The third-order valence-corrected chi connectivity index (χ3v) is 5.83. The fourth-order valence-electron chi connectivity index (χ4n) is 3.83. The molecule has 7 heteroatoms. The maximum Gasteiger partial charge on any atom is 0.261 e. The van der Waals surface area contributed by atoms with Crippen LogP contribution in [0.25, 0.3) is 0 Å². The van der Waals surface area contributed by atoms with Gasteiger partial charge in [0.1, 0.15) is 5.75 Å². The first-order valence-electron chi connectivity index (χ1n) is 11.8. The predicted molar refractivity (Wildman–Crippen MR) is 136 cm³/mol. The molecule has 176 valence electrons. The summed E-state index contributed by atoms with van der Waals surface area (Å²) < 4.78 is 5.80. The number of amides is 2. The molecule has 2 aromatic rings. The molecule has 1 aliphatic rings. The molecule has 0 atom stereocenters. The van der Waals surface area contributed by atoms with Crippen LogP contribution in [0, 0.1) is 0 Å². The van der Waals surface area contributed by atoms with Crippen molar-refractivity contribution in [1.29, 1.82) is 0 Å². The molecule has 1 fully saturated rings. The van der Waals surface area contributed by atoms with Crippen LogP contribution in [0.2, 0.25) is 0 Å². The number of nitrogens with one attached hydrogen (secondary N) is 2. The van der Waals surface area contributed by atoms with Crippen LogP contribution in [0.4, 0.5) is 5.69 Å². The average Bonchev–Trinajstić information content (AvgIpc) is 3.11. The van der Waals surface area contributed by atoms with Crippen LogP contribution in [-0.2, 0) is 0 Å². The summed E-state index contributed by atoms with van der Waals surface area (Å²) in [6, 6.07) is 14.4. The van der Waals surface area contributed by atoms with Gasteiger partial charge >= 0.3 is 0 Å². The maximum atomic E-state index is 12.9. The molecule has 0 aromatic heterocycles. The van der Waals surface area contributed by atoms with Crippen LogP contribution < -0.4 is 15.4 Å². The van der Waals surface area contributed by atoms with Crippen molar-refractivity contribution in [2.24, 2.45) is 0 Å². The third-order valence-electron chi connectivity index (χ3n) is 5.62. The van der Waals surface area contributed by atoms with Crippen molar-refractivity contribution in [2.75, 3.05) is 25.0 Å². The Labute approximate surface area is 201 Å². The topological polar surface area (TPSA) is 70.7 Å². The van der Waals surface area contributed by atoms with Gasteiger partial charge in [-0.15, -0.1) is 0 Å². The summed E-state index contributed by atoms with van der Waals surface area (Å²) in [6.07, 6.45) is 7.57. The lowest BCUT2D eigenvalue weighted by atomic mass is 10.1. The molecule has 1 saturated heterocycles. The van der Waals surface area contributed by atoms with E-state index >= 15 is 0 Å². The number of unbranched alkanes of at least 4 members (excludes halogenated alkanes) is 2. The number of nitrogens with zero attached hydrogens (tertiary/aromatic N) is 1. The number of para-hydroxylation sites is 1. The molecule has 0 aliphatic carbocycles. The van der Waals surface area contributed by atoms with Crippen molar-refractivity contribution in [2.45, 2.75) is 51.9 Å². The fraction of sp³-hybridized carbons (Fsp3) is 0.423. The molecule has 0 saturated carbocycles. The van der Waals surface area contributed by atoms with Gasteiger partial charge in [0.2, 0.25) is 0 Å². The van der Waals surface area contributed by atoms with Gasteiger partial charge in [0, 0.05) is 24.3 Å². The number of benzene rings is 2. The number of likely N-dealkylation sites (tertiary alicyclic amines) is 1. The first-order chi connectivity index (χ1) is 16.1. The summed E-state index contributed by atoms with van der Waals surface area (Å²) >= 11 is 5.35. The number of carbonyl (C=O) groups excluding carboxylic acids is 2. The van der Waals surface area contributed by atoms with E-state index in [1.54, 1.807) is 24.3 Å². The Kier molecular flexibility index (Phi) is 9.69. The number of anilines is 1. The quantitative estimate of drug-likeness (QED) is 0.402. The van der Waals surface area contributed by atoms with E-state index in [1.165, 1.54) is 12.8 Å². The van der Waals surface area contributed by atoms with Gasteiger partial charge in [-0.2, -0.15) is 0 Å². The number of hydrogen-bond acceptors (Lipinski definition) is 4. The van der Waals surface area contributed by atoms with E-state index in [0.29, 0.717) is 29.2 Å². The molecule has 2 amide bonds. The lowest BCUT2D eigenvalue weighted by Crippen LogP contribution is -2.34. The van der Waals surface area contributed by atoms with Gasteiger partial charge in [-0.3, -0.25) is 14.9 Å². The highest BCUT2D eigenvalue weighted by Crippen LogP contribution is 2.19. The molecule has 2 N–H and O–H groups in total. The van der Waals surface area contributed by atoms with Gasteiger partial charge < -0.3 is 15.0 Å². The van der Waals surface area contributed by atoms with Crippen molar-refractivity contribution in [3.8, 4) is 5.75 Å². The highest BCUT2D eigenvalue weighted by atomic mass is 32.1. The summed E-state index contributed by atoms with van der Waals surface area (Å²) in [5, 5.41) is 5.90. The SMILES string of the molecule is CCCCCOc1ccccc1C(=O)NC(=S)Nc1cccc(C(=O)N2CCCCCC2)c1. The van der Waals surface area contributed by atoms with Crippen LogP contribution in [0.5, 0.6) is 5.75 Å². The normalized spacial score (nSPS) is 13.7. The van der Waals surface area contributed by atoms with Crippen molar-refractivity contribution in [1.82, 2.24) is 10.2 Å². The number of rotatable bonds is 8. The van der Waals surface area contributed by atoms with Gasteiger partial charge in [-0.05, 0) is 61.8 Å². The first-order valence-corrected chi connectivity index (χ1v) is 12.2.